The van der Waals surface area contributed by atoms with E-state index >= 15 is 0 Å². The van der Waals surface area contributed by atoms with E-state index in [9.17, 15) is 8.42 Å². The van der Waals surface area contributed by atoms with Gasteiger partial charge in [-0.15, -0.1) is 11.3 Å². The minimum atomic E-state index is -3.79. The van der Waals surface area contributed by atoms with Crippen molar-refractivity contribution in [3.8, 4) is 10.6 Å². The second kappa shape index (κ2) is 7.31. The van der Waals surface area contributed by atoms with Gasteiger partial charge in [-0.25, -0.2) is 17.4 Å². The lowest BCUT2D eigenvalue weighted by atomic mass is 10.1. The number of hydrogen-bond donors (Lipinski definition) is 0. The van der Waals surface area contributed by atoms with Crippen LogP contribution < -0.4 is 0 Å². The van der Waals surface area contributed by atoms with Gasteiger partial charge in [0.15, 0.2) is 5.65 Å². The fourth-order valence-corrected chi connectivity index (χ4v) is 5.50. The smallest absolute Gasteiger partial charge is 0.224 e. The molecule has 4 aromatic rings. The number of benzene rings is 1. The first-order valence-corrected chi connectivity index (χ1v) is 11.5. The van der Waals surface area contributed by atoms with Crippen molar-refractivity contribution in [2.75, 3.05) is 0 Å². The number of aryl methyl sites for hydroxylation is 2. The average Bonchev–Trinajstić information content (AvgIpc) is 3.29. The minimum absolute atomic E-state index is 0.0204. The molecule has 0 bridgehead atoms. The van der Waals surface area contributed by atoms with Gasteiger partial charge in [0.2, 0.25) is 5.28 Å². The van der Waals surface area contributed by atoms with Crippen molar-refractivity contribution >= 4 is 44.0 Å². The van der Waals surface area contributed by atoms with E-state index in [2.05, 4.69) is 28.3 Å². The van der Waals surface area contributed by atoms with E-state index in [-0.39, 0.29) is 15.8 Å². The normalized spacial score (nSPS) is 12.0. The standard InChI is InChI=1S/C20H18ClN3O2S2/c1-3-4-14-11-17(27-12-14)18-16-9-10-24(19(16)23-20(21)22-18)28(25,26)15-7-5-13(2)6-8-15/h5-12H,3-4H2,1-2H3. The highest BCUT2D eigenvalue weighted by molar-refractivity contribution is 7.90. The van der Waals surface area contributed by atoms with E-state index in [0.717, 1.165) is 23.3 Å². The van der Waals surface area contributed by atoms with Crippen molar-refractivity contribution in [1.82, 2.24) is 13.9 Å². The third-order valence-electron chi connectivity index (χ3n) is 4.49. The fourth-order valence-electron chi connectivity index (χ4n) is 3.09. The molecule has 0 amide bonds. The van der Waals surface area contributed by atoms with E-state index in [4.69, 9.17) is 11.6 Å². The van der Waals surface area contributed by atoms with Crippen LogP contribution in [0.2, 0.25) is 5.28 Å². The first-order valence-electron chi connectivity index (χ1n) is 8.85. The molecule has 0 saturated heterocycles. The Morgan fingerprint density at radius 2 is 1.89 bits per heavy atom. The van der Waals surface area contributed by atoms with Crippen molar-refractivity contribution in [2.24, 2.45) is 0 Å². The number of halogens is 1. The molecule has 1 aromatic carbocycles. The van der Waals surface area contributed by atoms with Crippen LogP contribution in [-0.2, 0) is 16.4 Å². The molecule has 0 aliphatic carbocycles. The van der Waals surface area contributed by atoms with E-state index < -0.39 is 10.0 Å². The zero-order chi connectivity index (χ0) is 19.9. The Hall–Kier alpha value is -2.22. The monoisotopic (exact) mass is 431 g/mol. The molecule has 0 fully saturated rings. The summed E-state index contributed by atoms with van der Waals surface area (Å²) in [4.78, 5) is 9.75. The quantitative estimate of drug-likeness (QED) is 0.401. The largest absolute Gasteiger partial charge is 0.269 e. The molecule has 8 heteroatoms. The predicted octanol–water partition coefficient (Wildman–Crippen LogP) is 5.31. The highest BCUT2D eigenvalue weighted by Gasteiger charge is 2.22. The van der Waals surface area contributed by atoms with Crippen LogP contribution in [0.4, 0.5) is 0 Å². The van der Waals surface area contributed by atoms with Gasteiger partial charge in [-0.3, -0.25) is 0 Å². The molecule has 5 nitrogen and oxygen atoms in total. The maximum absolute atomic E-state index is 13.1. The Morgan fingerprint density at radius 3 is 2.61 bits per heavy atom. The highest BCUT2D eigenvalue weighted by atomic mass is 35.5. The van der Waals surface area contributed by atoms with Gasteiger partial charge < -0.3 is 0 Å². The van der Waals surface area contributed by atoms with Gasteiger partial charge in [-0.05, 0) is 60.2 Å². The van der Waals surface area contributed by atoms with Crippen LogP contribution in [0.5, 0.6) is 0 Å². The molecular weight excluding hydrogens is 414 g/mol. The van der Waals surface area contributed by atoms with Gasteiger partial charge in [0, 0.05) is 11.6 Å². The van der Waals surface area contributed by atoms with Crippen LogP contribution in [0.3, 0.4) is 0 Å². The van der Waals surface area contributed by atoms with Gasteiger partial charge in [0.25, 0.3) is 10.0 Å². The zero-order valence-electron chi connectivity index (χ0n) is 15.4. The number of aromatic nitrogens is 3. The molecule has 144 valence electrons. The topological polar surface area (TPSA) is 64.8 Å². The summed E-state index contributed by atoms with van der Waals surface area (Å²) in [6.07, 6.45) is 3.55. The number of thiophene rings is 1. The van der Waals surface area contributed by atoms with Crippen LogP contribution in [0.25, 0.3) is 21.6 Å². The van der Waals surface area contributed by atoms with Gasteiger partial charge in [0.05, 0.1) is 15.5 Å². The molecule has 28 heavy (non-hydrogen) atoms. The number of nitrogens with zero attached hydrogens (tertiary/aromatic N) is 3. The number of rotatable bonds is 5. The minimum Gasteiger partial charge on any atom is -0.224 e. The number of fused-ring (bicyclic) bond motifs is 1. The zero-order valence-corrected chi connectivity index (χ0v) is 17.8. The Balaban J connectivity index is 1.88. The van der Waals surface area contributed by atoms with Crippen molar-refractivity contribution < 1.29 is 8.42 Å². The highest BCUT2D eigenvalue weighted by Crippen LogP contribution is 2.34. The number of hydrogen-bond acceptors (Lipinski definition) is 5. The lowest BCUT2D eigenvalue weighted by molar-refractivity contribution is 0.588. The van der Waals surface area contributed by atoms with E-state index in [0.29, 0.717) is 11.1 Å². The molecule has 3 heterocycles. The van der Waals surface area contributed by atoms with E-state index in [1.54, 1.807) is 41.7 Å². The van der Waals surface area contributed by atoms with Crippen molar-refractivity contribution in [3.63, 3.8) is 0 Å². The third kappa shape index (κ3) is 3.34. The Morgan fingerprint density at radius 1 is 1.14 bits per heavy atom. The maximum Gasteiger partial charge on any atom is 0.269 e. The van der Waals surface area contributed by atoms with Gasteiger partial charge in [-0.1, -0.05) is 31.0 Å². The van der Waals surface area contributed by atoms with Crippen LogP contribution in [-0.4, -0.2) is 22.4 Å². The fraction of sp³-hybridized carbons (Fsp3) is 0.200. The average molecular weight is 432 g/mol. The van der Waals surface area contributed by atoms with Gasteiger partial charge in [-0.2, -0.15) is 4.98 Å². The second-order valence-electron chi connectivity index (χ2n) is 6.58. The molecule has 4 rings (SSSR count). The SMILES string of the molecule is CCCc1csc(-c2nc(Cl)nc3c2ccn3S(=O)(=O)c2ccc(C)cc2)c1. The van der Waals surface area contributed by atoms with Gasteiger partial charge in [0.1, 0.15) is 0 Å². The Kier molecular flexibility index (Phi) is 4.99. The van der Waals surface area contributed by atoms with Crippen LogP contribution in [0.15, 0.2) is 52.9 Å². The lowest BCUT2D eigenvalue weighted by Crippen LogP contribution is -2.12. The summed E-state index contributed by atoms with van der Waals surface area (Å²) < 4.78 is 27.4. The van der Waals surface area contributed by atoms with Crippen LogP contribution in [0, 0.1) is 6.92 Å². The molecule has 0 N–H and O–H groups in total. The van der Waals surface area contributed by atoms with Crippen molar-refractivity contribution in [2.45, 2.75) is 31.6 Å². The first-order chi connectivity index (χ1) is 13.4. The Bertz CT molecular complexity index is 1260. The van der Waals surface area contributed by atoms with Crippen LogP contribution >= 0.6 is 22.9 Å². The first kappa shape index (κ1) is 19.1. The van der Waals surface area contributed by atoms with Crippen LogP contribution in [0.1, 0.15) is 24.5 Å². The summed E-state index contributed by atoms with van der Waals surface area (Å²) in [7, 11) is -3.79. The second-order valence-corrected chi connectivity index (χ2v) is 9.64. The molecular formula is C20H18ClN3O2S2. The predicted molar refractivity (Wildman–Crippen MR) is 114 cm³/mol. The summed E-state index contributed by atoms with van der Waals surface area (Å²) in [6.45, 7) is 4.04. The van der Waals surface area contributed by atoms with Crippen molar-refractivity contribution in [1.29, 1.82) is 0 Å². The molecule has 3 aromatic heterocycles. The molecule has 0 aliphatic rings. The van der Waals surface area contributed by atoms with Crippen molar-refractivity contribution in [3.05, 3.63) is 64.4 Å². The molecule has 0 atom stereocenters. The summed E-state index contributed by atoms with van der Waals surface area (Å²) in [6, 6.07) is 10.5. The van der Waals surface area contributed by atoms with Gasteiger partial charge >= 0.3 is 0 Å². The molecule has 0 radical (unpaired) electrons. The molecule has 0 unspecified atom stereocenters. The summed E-state index contributed by atoms with van der Waals surface area (Å²) in [5, 5.41) is 2.78. The van der Waals surface area contributed by atoms with E-state index in [1.807, 2.05) is 6.92 Å². The summed E-state index contributed by atoms with van der Waals surface area (Å²) >= 11 is 7.73. The molecule has 0 spiro atoms. The Labute approximate surface area is 172 Å². The summed E-state index contributed by atoms with van der Waals surface area (Å²) in [5.74, 6) is 0. The van der Waals surface area contributed by atoms with E-state index in [1.165, 1.54) is 15.7 Å². The molecule has 0 aliphatic heterocycles. The molecule has 0 saturated carbocycles. The third-order valence-corrected chi connectivity index (χ3v) is 7.32. The summed E-state index contributed by atoms with van der Waals surface area (Å²) in [5.41, 5.74) is 3.16. The maximum atomic E-state index is 13.1. The lowest BCUT2D eigenvalue weighted by Gasteiger charge is -2.08.